The molecule has 0 bridgehead atoms. The van der Waals surface area contributed by atoms with E-state index in [9.17, 15) is 4.39 Å². The van der Waals surface area contributed by atoms with E-state index in [-0.39, 0.29) is 17.4 Å². The average molecular weight is 340 g/mol. The zero-order chi connectivity index (χ0) is 13.8. The van der Waals surface area contributed by atoms with Crippen molar-refractivity contribution in [2.24, 2.45) is 5.73 Å². The topological polar surface area (TPSA) is 35.2 Å². The highest BCUT2D eigenvalue weighted by Crippen LogP contribution is 2.20. The largest absolute Gasteiger partial charge is 0.489 e. The van der Waals surface area contributed by atoms with Crippen LogP contribution >= 0.6 is 28.1 Å². The van der Waals surface area contributed by atoms with Gasteiger partial charge >= 0.3 is 0 Å². The molecule has 0 atom stereocenters. The summed E-state index contributed by atoms with van der Waals surface area (Å²) in [6.45, 7) is 0.153. The van der Waals surface area contributed by atoms with Crippen LogP contribution in [0.3, 0.4) is 0 Å². The molecule has 2 nitrogen and oxygen atoms in total. The van der Waals surface area contributed by atoms with Crippen LogP contribution in [0.25, 0.3) is 0 Å². The van der Waals surface area contributed by atoms with Crippen molar-refractivity contribution in [2.75, 3.05) is 0 Å². The predicted molar refractivity (Wildman–Crippen MR) is 80.8 cm³/mol. The fourth-order valence-electron chi connectivity index (χ4n) is 1.54. The first kappa shape index (κ1) is 14.0. The Morgan fingerprint density at radius 1 is 1.26 bits per heavy atom. The van der Waals surface area contributed by atoms with Gasteiger partial charge in [0.05, 0.1) is 0 Å². The summed E-state index contributed by atoms with van der Waals surface area (Å²) in [4.78, 5) is 0.179. The molecular weight excluding hydrogens is 329 g/mol. The van der Waals surface area contributed by atoms with Gasteiger partial charge in [0.15, 0.2) is 0 Å². The monoisotopic (exact) mass is 339 g/mol. The van der Waals surface area contributed by atoms with E-state index in [0.29, 0.717) is 16.9 Å². The van der Waals surface area contributed by atoms with Gasteiger partial charge in [-0.1, -0.05) is 46.3 Å². The zero-order valence-corrected chi connectivity index (χ0v) is 12.3. The number of benzene rings is 2. The van der Waals surface area contributed by atoms with Crippen LogP contribution in [0.2, 0.25) is 0 Å². The smallest absolute Gasteiger partial charge is 0.130 e. The van der Waals surface area contributed by atoms with Gasteiger partial charge in [-0.15, -0.1) is 0 Å². The van der Waals surface area contributed by atoms with Crippen molar-refractivity contribution < 1.29 is 9.13 Å². The Bertz CT molecular complexity index is 618. The minimum atomic E-state index is -0.375. The molecule has 0 saturated carbocycles. The first-order chi connectivity index (χ1) is 9.06. The second kappa shape index (κ2) is 6.12. The van der Waals surface area contributed by atoms with Crippen LogP contribution in [0.15, 0.2) is 46.9 Å². The molecule has 0 aliphatic rings. The molecule has 0 radical (unpaired) electrons. The molecule has 0 unspecified atom stereocenters. The maximum atomic E-state index is 13.8. The van der Waals surface area contributed by atoms with Crippen LogP contribution in [0.5, 0.6) is 5.75 Å². The Labute approximate surface area is 124 Å². The molecule has 19 heavy (non-hydrogen) atoms. The van der Waals surface area contributed by atoms with Crippen LogP contribution < -0.4 is 10.5 Å². The molecule has 2 aromatic rings. The first-order valence-corrected chi connectivity index (χ1v) is 6.73. The minimum Gasteiger partial charge on any atom is -0.489 e. The number of nitrogens with two attached hydrogens (primary N) is 1. The van der Waals surface area contributed by atoms with Crippen LogP contribution in [-0.2, 0) is 6.61 Å². The van der Waals surface area contributed by atoms with E-state index in [1.165, 1.54) is 6.07 Å². The van der Waals surface area contributed by atoms with Crippen LogP contribution in [0.1, 0.15) is 11.1 Å². The summed E-state index contributed by atoms with van der Waals surface area (Å²) in [6.07, 6.45) is 0. The molecule has 2 rings (SSSR count). The third-order valence-corrected chi connectivity index (χ3v) is 3.26. The van der Waals surface area contributed by atoms with Crippen molar-refractivity contribution in [3.8, 4) is 5.75 Å². The Hall–Kier alpha value is -1.46. The summed E-state index contributed by atoms with van der Waals surface area (Å²) in [7, 11) is 0. The van der Waals surface area contributed by atoms with Crippen LogP contribution in [0.4, 0.5) is 4.39 Å². The number of thiocarbonyl (C=S) groups is 1. The summed E-state index contributed by atoms with van der Waals surface area (Å²) in [5.41, 5.74) is 6.41. The SMILES string of the molecule is NC(=S)c1ccc(COc2cccc(Br)c2)c(F)c1. The second-order valence-electron chi connectivity index (χ2n) is 3.92. The molecule has 0 heterocycles. The third kappa shape index (κ3) is 3.75. The van der Waals surface area contributed by atoms with Crippen molar-refractivity contribution in [3.05, 3.63) is 63.9 Å². The highest BCUT2D eigenvalue weighted by atomic mass is 79.9. The Balaban J connectivity index is 2.10. The zero-order valence-electron chi connectivity index (χ0n) is 9.90. The Morgan fingerprint density at radius 3 is 2.68 bits per heavy atom. The minimum absolute atomic E-state index is 0.153. The molecule has 0 aliphatic heterocycles. The number of hydrogen-bond donors (Lipinski definition) is 1. The van der Waals surface area contributed by atoms with E-state index < -0.39 is 0 Å². The van der Waals surface area contributed by atoms with E-state index in [1.54, 1.807) is 12.1 Å². The molecule has 2 aromatic carbocycles. The number of rotatable bonds is 4. The van der Waals surface area contributed by atoms with Crippen molar-refractivity contribution >= 4 is 33.1 Å². The van der Waals surface area contributed by atoms with Gasteiger partial charge in [0.2, 0.25) is 0 Å². The van der Waals surface area contributed by atoms with Crippen molar-refractivity contribution in [3.63, 3.8) is 0 Å². The van der Waals surface area contributed by atoms with Gasteiger partial charge in [-0.2, -0.15) is 0 Å². The van der Waals surface area contributed by atoms with Gasteiger partial charge in [0.1, 0.15) is 23.2 Å². The molecule has 0 spiro atoms. The van der Waals surface area contributed by atoms with E-state index in [2.05, 4.69) is 15.9 Å². The van der Waals surface area contributed by atoms with E-state index in [4.69, 9.17) is 22.7 Å². The number of halogens is 2. The lowest BCUT2D eigenvalue weighted by molar-refractivity contribution is 0.299. The molecule has 2 N–H and O–H groups in total. The van der Waals surface area contributed by atoms with Gasteiger partial charge < -0.3 is 10.5 Å². The van der Waals surface area contributed by atoms with Gasteiger partial charge in [0.25, 0.3) is 0 Å². The molecule has 0 saturated heterocycles. The maximum absolute atomic E-state index is 13.8. The quantitative estimate of drug-likeness (QED) is 0.860. The molecule has 0 fully saturated rings. The third-order valence-electron chi connectivity index (χ3n) is 2.53. The van der Waals surface area contributed by atoms with E-state index in [0.717, 1.165) is 4.47 Å². The molecular formula is C14H11BrFNOS. The molecule has 98 valence electrons. The number of hydrogen-bond acceptors (Lipinski definition) is 2. The molecule has 5 heteroatoms. The first-order valence-electron chi connectivity index (χ1n) is 5.53. The highest BCUT2D eigenvalue weighted by Gasteiger charge is 2.06. The van der Waals surface area contributed by atoms with E-state index in [1.807, 2.05) is 24.3 Å². The summed E-state index contributed by atoms with van der Waals surface area (Å²) >= 11 is 8.14. The fourth-order valence-corrected chi connectivity index (χ4v) is 2.04. The Morgan fingerprint density at radius 2 is 2.05 bits per heavy atom. The van der Waals surface area contributed by atoms with E-state index >= 15 is 0 Å². The predicted octanol–water partition coefficient (Wildman–Crippen LogP) is 3.80. The van der Waals surface area contributed by atoms with Crippen molar-refractivity contribution in [2.45, 2.75) is 6.61 Å². The van der Waals surface area contributed by atoms with Gasteiger partial charge in [-0.05, 0) is 24.3 Å². The molecule has 0 aromatic heterocycles. The maximum Gasteiger partial charge on any atom is 0.130 e. The lowest BCUT2D eigenvalue weighted by Crippen LogP contribution is -2.10. The van der Waals surface area contributed by atoms with Crippen molar-refractivity contribution in [1.82, 2.24) is 0 Å². The van der Waals surface area contributed by atoms with Gasteiger partial charge in [-0.3, -0.25) is 0 Å². The molecule has 0 amide bonds. The average Bonchev–Trinajstić information content (AvgIpc) is 2.37. The summed E-state index contributed by atoms with van der Waals surface area (Å²) in [6, 6.07) is 12.0. The lowest BCUT2D eigenvalue weighted by Gasteiger charge is -2.08. The normalized spacial score (nSPS) is 10.2. The van der Waals surface area contributed by atoms with Gasteiger partial charge in [-0.25, -0.2) is 4.39 Å². The molecule has 0 aliphatic carbocycles. The summed E-state index contributed by atoms with van der Waals surface area (Å²) in [5, 5.41) is 0. The summed E-state index contributed by atoms with van der Waals surface area (Å²) in [5.74, 6) is 0.299. The van der Waals surface area contributed by atoms with Crippen molar-refractivity contribution in [1.29, 1.82) is 0 Å². The fraction of sp³-hybridized carbons (Fsp3) is 0.0714. The van der Waals surface area contributed by atoms with Gasteiger partial charge in [0, 0.05) is 15.6 Å². The standard InChI is InChI=1S/C14H11BrFNOS/c15-11-2-1-3-12(7-11)18-8-10-5-4-9(14(17)19)6-13(10)16/h1-7H,8H2,(H2,17,19). The summed E-state index contributed by atoms with van der Waals surface area (Å²) < 4.78 is 20.2. The van der Waals surface area contributed by atoms with Crippen LogP contribution in [0, 0.1) is 5.82 Å². The Kier molecular flexibility index (Phi) is 4.50. The highest BCUT2D eigenvalue weighted by molar-refractivity contribution is 9.10. The lowest BCUT2D eigenvalue weighted by atomic mass is 10.1. The number of ether oxygens (including phenoxy) is 1. The second-order valence-corrected chi connectivity index (χ2v) is 5.27. The van der Waals surface area contributed by atoms with Crippen LogP contribution in [-0.4, -0.2) is 4.99 Å².